The van der Waals surface area contributed by atoms with Crippen LogP contribution in [0.5, 0.6) is 0 Å². The van der Waals surface area contributed by atoms with Crippen LogP contribution in [0.25, 0.3) is 0 Å². The summed E-state index contributed by atoms with van der Waals surface area (Å²) in [6, 6.07) is 0. The summed E-state index contributed by atoms with van der Waals surface area (Å²) < 4.78 is 5.03. The van der Waals surface area contributed by atoms with Crippen LogP contribution in [0, 0.1) is 0 Å². The van der Waals surface area contributed by atoms with Gasteiger partial charge < -0.3 is 14.9 Å². The maximum absolute atomic E-state index is 9.08. The number of aliphatic hydroxyl groups excluding tert-OH is 2. The van der Waals surface area contributed by atoms with Crippen molar-refractivity contribution in [3.63, 3.8) is 0 Å². The van der Waals surface area contributed by atoms with Crippen LogP contribution in [0.1, 0.15) is 13.3 Å². The highest BCUT2D eigenvalue weighted by molar-refractivity contribution is 4.81. The Balaban J connectivity index is 2.41. The van der Waals surface area contributed by atoms with Gasteiger partial charge in [-0.15, -0.1) is 0 Å². The van der Waals surface area contributed by atoms with Crippen LogP contribution in [0.2, 0.25) is 0 Å². The van der Waals surface area contributed by atoms with Gasteiger partial charge in [-0.3, -0.25) is 0 Å². The summed E-state index contributed by atoms with van der Waals surface area (Å²) >= 11 is 0. The summed E-state index contributed by atoms with van der Waals surface area (Å²) in [6.07, 6.45) is -0.733. The molecule has 0 saturated carbocycles. The van der Waals surface area contributed by atoms with E-state index in [1.165, 1.54) is 0 Å². The van der Waals surface area contributed by atoms with E-state index in [0.29, 0.717) is 0 Å². The van der Waals surface area contributed by atoms with Crippen LogP contribution >= 0.6 is 0 Å². The molecule has 0 aromatic rings. The largest absolute Gasteiger partial charge is 0.388 e. The van der Waals surface area contributed by atoms with E-state index in [0.717, 1.165) is 6.42 Å². The average molecular weight is 132 g/mol. The lowest BCUT2D eigenvalue weighted by atomic mass is 10.1. The van der Waals surface area contributed by atoms with Crippen LogP contribution < -0.4 is 0 Å². The molecule has 0 aliphatic carbocycles. The maximum atomic E-state index is 9.08. The predicted octanol–water partition coefficient (Wildman–Crippen LogP) is -0.483. The van der Waals surface area contributed by atoms with E-state index in [9.17, 15) is 0 Å². The van der Waals surface area contributed by atoms with E-state index in [2.05, 4.69) is 0 Å². The molecule has 2 N–H and O–H groups in total. The summed E-state index contributed by atoms with van der Waals surface area (Å²) in [5, 5.41) is 18.0. The lowest BCUT2D eigenvalue weighted by Gasteiger charge is -2.10. The van der Waals surface area contributed by atoms with Gasteiger partial charge in [0.15, 0.2) is 0 Å². The Hall–Kier alpha value is -0.120. The number of hydrogen-bond acceptors (Lipinski definition) is 3. The van der Waals surface area contributed by atoms with Gasteiger partial charge >= 0.3 is 0 Å². The van der Waals surface area contributed by atoms with Gasteiger partial charge in [0.1, 0.15) is 12.2 Å². The van der Waals surface area contributed by atoms with Crippen molar-refractivity contribution in [3.05, 3.63) is 0 Å². The Bertz CT molecular complexity index is 94.3. The van der Waals surface area contributed by atoms with Crippen molar-refractivity contribution in [2.75, 3.05) is 6.61 Å². The second kappa shape index (κ2) is 2.64. The molecule has 0 amide bonds. The Kier molecular flexibility index (Phi) is 2.05. The molecule has 9 heavy (non-hydrogen) atoms. The molecule has 1 aliphatic heterocycles. The fourth-order valence-corrected chi connectivity index (χ4v) is 1.03. The molecular formula is C6H12O3. The summed E-state index contributed by atoms with van der Waals surface area (Å²) in [6.45, 7) is 2.20. The SMILES string of the molecule is CC[C@H]1OCC(O)[C@H]1O. The first-order chi connectivity index (χ1) is 4.25. The minimum absolute atomic E-state index is 0.153. The molecule has 1 aliphatic rings. The van der Waals surface area contributed by atoms with Gasteiger partial charge in [0, 0.05) is 0 Å². The second-order valence-corrected chi connectivity index (χ2v) is 2.34. The van der Waals surface area contributed by atoms with Gasteiger partial charge in [-0.05, 0) is 6.42 Å². The van der Waals surface area contributed by atoms with E-state index >= 15 is 0 Å². The van der Waals surface area contributed by atoms with Gasteiger partial charge in [0.25, 0.3) is 0 Å². The summed E-state index contributed by atoms with van der Waals surface area (Å²) in [4.78, 5) is 0. The Morgan fingerprint density at radius 2 is 2.22 bits per heavy atom. The Labute approximate surface area is 54.3 Å². The van der Waals surface area contributed by atoms with E-state index in [4.69, 9.17) is 14.9 Å². The molecule has 1 fully saturated rings. The first-order valence-corrected chi connectivity index (χ1v) is 3.23. The molecule has 3 nitrogen and oxygen atoms in total. The van der Waals surface area contributed by atoms with Gasteiger partial charge in [-0.2, -0.15) is 0 Å². The van der Waals surface area contributed by atoms with E-state index in [1.54, 1.807) is 0 Å². The molecule has 1 unspecified atom stereocenters. The third kappa shape index (κ3) is 1.23. The van der Waals surface area contributed by atoms with Crippen molar-refractivity contribution in [1.29, 1.82) is 0 Å². The summed E-state index contributed by atoms with van der Waals surface area (Å²) in [5.74, 6) is 0. The van der Waals surface area contributed by atoms with Crippen LogP contribution in [0.4, 0.5) is 0 Å². The van der Waals surface area contributed by atoms with Crippen LogP contribution in [0.3, 0.4) is 0 Å². The summed E-state index contributed by atoms with van der Waals surface area (Å²) in [5.41, 5.74) is 0. The van der Waals surface area contributed by atoms with Crippen molar-refractivity contribution in [1.82, 2.24) is 0 Å². The third-order valence-electron chi connectivity index (χ3n) is 1.66. The topological polar surface area (TPSA) is 49.7 Å². The quantitative estimate of drug-likeness (QED) is 0.506. The first kappa shape index (κ1) is 6.99. The molecule has 0 aromatic heterocycles. The molecule has 1 saturated heterocycles. The molecule has 0 aromatic carbocycles. The average Bonchev–Trinajstić information content (AvgIpc) is 2.15. The molecule has 3 atom stereocenters. The van der Waals surface area contributed by atoms with Crippen molar-refractivity contribution >= 4 is 0 Å². The minimum atomic E-state index is -0.671. The van der Waals surface area contributed by atoms with Crippen molar-refractivity contribution in [2.24, 2.45) is 0 Å². The zero-order chi connectivity index (χ0) is 6.85. The number of aliphatic hydroxyl groups is 2. The van der Waals surface area contributed by atoms with Crippen molar-refractivity contribution in [2.45, 2.75) is 31.7 Å². The predicted molar refractivity (Wildman–Crippen MR) is 32.0 cm³/mol. The normalized spacial score (nSPS) is 43.7. The highest BCUT2D eigenvalue weighted by Gasteiger charge is 2.32. The molecule has 0 radical (unpaired) electrons. The molecule has 0 spiro atoms. The number of ether oxygens (including phenoxy) is 1. The second-order valence-electron chi connectivity index (χ2n) is 2.34. The lowest BCUT2D eigenvalue weighted by Crippen LogP contribution is -2.29. The fraction of sp³-hybridized carbons (Fsp3) is 1.00. The standard InChI is InChI=1S/C6H12O3/c1-2-5-6(8)4(7)3-9-5/h4-8H,2-3H2,1H3/t4?,5-,6-/m1/s1. The van der Waals surface area contributed by atoms with Gasteiger partial charge in [-0.1, -0.05) is 6.92 Å². The first-order valence-electron chi connectivity index (χ1n) is 3.23. The third-order valence-corrected chi connectivity index (χ3v) is 1.66. The van der Waals surface area contributed by atoms with Gasteiger partial charge in [0.2, 0.25) is 0 Å². The van der Waals surface area contributed by atoms with Crippen molar-refractivity contribution in [3.8, 4) is 0 Å². The zero-order valence-corrected chi connectivity index (χ0v) is 5.45. The van der Waals surface area contributed by atoms with Crippen LogP contribution in [-0.2, 0) is 4.74 Å². The van der Waals surface area contributed by atoms with Gasteiger partial charge in [-0.25, -0.2) is 0 Å². The molecule has 0 bridgehead atoms. The van der Waals surface area contributed by atoms with Crippen molar-refractivity contribution < 1.29 is 14.9 Å². The van der Waals surface area contributed by atoms with E-state index < -0.39 is 12.2 Å². The minimum Gasteiger partial charge on any atom is -0.388 e. The molecule has 3 heteroatoms. The Morgan fingerprint density at radius 1 is 1.56 bits per heavy atom. The van der Waals surface area contributed by atoms with Crippen LogP contribution in [-0.4, -0.2) is 35.1 Å². The van der Waals surface area contributed by atoms with Gasteiger partial charge in [0.05, 0.1) is 12.7 Å². The monoisotopic (exact) mass is 132 g/mol. The molecule has 54 valence electrons. The van der Waals surface area contributed by atoms with Crippen LogP contribution in [0.15, 0.2) is 0 Å². The number of rotatable bonds is 1. The molecule has 1 rings (SSSR count). The Morgan fingerprint density at radius 3 is 2.44 bits per heavy atom. The van der Waals surface area contributed by atoms with E-state index in [1.807, 2.05) is 6.92 Å². The highest BCUT2D eigenvalue weighted by Crippen LogP contribution is 2.16. The molecule has 1 heterocycles. The maximum Gasteiger partial charge on any atom is 0.108 e. The molecular weight excluding hydrogens is 120 g/mol. The fourth-order valence-electron chi connectivity index (χ4n) is 1.03. The summed E-state index contributed by atoms with van der Waals surface area (Å²) in [7, 11) is 0. The zero-order valence-electron chi connectivity index (χ0n) is 5.45. The number of hydrogen-bond donors (Lipinski definition) is 2. The van der Waals surface area contributed by atoms with E-state index in [-0.39, 0.29) is 12.7 Å². The lowest BCUT2D eigenvalue weighted by molar-refractivity contribution is 0.0218. The smallest absolute Gasteiger partial charge is 0.108 e. The highest BCUT2D eigenvalue weighted by atomic mass is 16.5.